The Hall–Kier alpha value is -0.286. The third-order valence-corrected chi connectivity index (χ3v) is 2.14. The van der Waals surface area contributed by atoms with E-state index >= 15 is 0 Å². The van der Waals surface area contributed by atoms with Crippen molar-refractivity contribution in [2.24, 2.45) is 0 Å². The first-order chi connectivity index (χ1) is 3.29. The van der Waals surface area contributed by atoms with Crippen LogP contribution in [-0.4, -0.2) is 25.5 Å². The SMILES string of the molecule is [SiH3]c1ccc([SiH3])[nH]1. The molecular weight excluding hydrogens is 118 g/mol. The number of aromatic nitrogens is 1. The van der Waals surface area contributed by atoms with Crippen LogP contribution in [0.1, 0.15) is 0 Å². The van der Waals surface area contributed by atoms with Crippen LogP contribution in [-0.2, 0) is 0 Å². The van der Waals surface area contributed by atoms with E-state index in [1.54, 1.807) is 0 Å². The molecule has 3 heteroatoms. The Kier molecular flexibility index (Phi) is 1.16. The monoisotopic (exact) mass is 127 g/mol. The molecule has 38 valence electrons. The fraction of sp³-hybridized carbons (Fsp3) is 0. The van der Waals surface area contributed by atoms with Crippen molar-refractivity contribution in [3.63, 3.8) is 0 Å². The van der Waals surface area contributed by atoms with Gasteiger partial charge < -0.3 is 4.98 Å². The van der Waals surface area contributed by atoms with Gasteiger partial charge in [0.25, 0.3) is 0 Å². The summed E-state index contributed by atoms with van der Waals surface area (Å²) < 4.78 is 0. The maximum absolute atomic E-state index is 3.26. The zero-order chi connectivity index (χ0) is 5.28. The van der Waals surface area contributed by atoms with Crippen molar-refractivity contribution >= 4 is 31.1 Å². The second-order valence-corrected chi connectivity index (χ2v) is 3.98. The van der Waals surface area contributed by atoms with Gasteiger partial charge in [0.2, 0.25) is 0 Å². The summed E-state index contributed by atoms with van der Waals surface area (Å²) in [5.41, 5.74) is 0. The Morgan fingerprint density at radius 3 is 1.71 bits per heavy atom. The van der Waals surface area contributed by atoms with Crippen LogP contribution >= 0.6 is 0 Å². The van der Waals surface area contributed by atoms with Crippen molar-refractivity contribution in [2.75, 3.05) is 0 Å². The number of hydrogen-bond donors (Lipinski definition) is 1. The molecule has 0 atom stereocenters. The first-order valence-electron chi connectivity index (χ1n) is 2.41. The van der Waals surface area contributed by atoms with Gasteiger partial charge in [-0.1, -0.05) is 0 Å². The quantitative estimate of drug-likeness (QED) is 0.358. The van der Waals surface area contributed by atoms with Crippen LogP contribution in [0.2, 0.25) is 0 Å². The van der Waals surface area contributed by atoms with Gasteiger partial charge in [-0.25, -0.2) is 0 Å². The lowest BCUT2D eigenvalue weighted by Crippen LogP contribution is -2.10. The molecule has 1 rings (SSSR count). The van der Waals surface area contributed by atoms with E-state index in [-0.39, 0.29) is 0 Å². The third-order valence-electron chi connectivity index (χ3n) is 0.978. The minimum atomic E-state index is 1.16. The molecular formula is C4H9NSi2. The highest BCUT2D eigenvalue weighted by Crippen LogP contribution is 1.64. The average Bonchev–Trinajstić information content (AvgIpc) is 1.87. The van der Waals surface area contributed by atoms with Crippen molar-refractivity contribution in [1.29, 1.82) is 0 Å². The van der Waals surface area contributed by atoms with E-state index in [9.17, 15) is 0 Å². The van der Waals surface area contributed by atoms with Gasteiger partial charge in [-0.2, -0.15) is 0 Å². The number of aromatic amines is 1. The molecule has 0 unspecified atom stereocenters. The molecule has 0 aliphatic rings. The highest BCUT2D eigenvalue weighted by atomic mass is 28.1. The van der Waals surface area contributed by atoms with Gasteiger partial charge in [0.05, 0.1) is 20.5 Å². The van der Waals surface area contributed by atoms with E-state index in [2.05, 4.69) is 17.1 Å². The van der Waals surface area contributed by atoms with Gasteiger partial charge in [-0.3, -0.25) is 0 Å². The van der Waals surface area contributed by atoms with E-state index in [4.69, 9.17) is 0 Å². The van der Waals surface area contributed by atoms with Crippen LogP contribution in [0.15, 0.2) is 12.1 Å². The Morgan fingerprint density at radius 1 is 1.14 bits per heavy atom. The van der Waals surface area contributed by atoms with Crippen LogP contribution in [0.25, 0.3) is 0 Å². The highest BCUT2D eigenvalue weighted by Gasteiger charge is 1.81. The summed E-state index contributed by atoms with van der Waals surface area (Å²) in [7, 11) is 2.32. The first kappa shape index (κ1) is 4.86. The van der Waals surface area contributed by atoms with E-state index in [1.807, 2.05) is 0 Å². The molecule has 0 aliphatic heterocycles. The van der Waals surface area contributed by atoms with E-state index in [0.717, 1.165) is 20.5 Å². The van der Waals surface area contributed by atoms with Gasteiger partial charge in [0.1, 0.15) is 0 Å². The lowest BCUT2D eigenvalue weighted by Gasteiger charge is -1.77. The van der Waals surface area contributed by atoms with Gasteiger partial charge >= 0.3 is 0 Å². The van der Waals surface area contributed by atoms with Crippen molar-refractivity contribution < 1.29 is 0 Å². The molecule has 0 aliphatic carbocycles. The lowest BCUT2D eigenvalue weighted by molar-refractivity contribution is 1.54. The van der Waals surface area contributed by atoms with Gasteiger partial charge in [0.15, 0.2) is 0 Å². The molecule has 7 heavy (non-hydrogen) atoms. The summed E-state index contributed by atoms with van der Waals surface area (Å²) in [6.07, 6.45) is 0. The fourth-order valence-corrected chi connectivity index (χ4v) is 2.27. The van der Waals surface area contributed by atoms with E-state index < -0.39 is 0 Å². The molecule has 0 amide bonds. The standard InChI is InChI=1S/C4H9NSi2/c6-3-1-2-4(7)5-3/h1-2,5H,6-7H3. The summed E-state index contributed by atoms with van der Waals surface area (Å²) in [5, 5.41) is 2.81. The number of hydrogen-bond acceptors (Lipinski definition) is 0. The topological polar surface area (TPSA) is 15.8 Å². The molecule has 1 aromatic rings. The summed E-state index contributed by atoms with van der Waals surface area (Å²) in [5.74, 6) is 0. The van der Waals surface area contributed by atoms with Gasteiger partial charge in [0, 0.05) is 0 Å². The maximum atomic E-state index is 3.26. The fourth-order valence-electron chi connectivity index (χ4n) is 0.644. The van der Waals surface area contributed by atoms with Crippen LogP contribution < -0.4 is 10.6 Å². The maximum Gasteiger partial charge on any atom is 0.0592 e. The summed E-state index contributed by atoms with van der Waals surface area (Å²) in [6.45, 7) is 0. The molecule has 1 heterocycles. The molecule has 0 saturated heterocycles. The third kappa shape index (κ3) is 1.04. The number of H-pyrrole nitrogens is 1. The lowest BCUT2D eigenvalue weighted by atomic mass is 10.7. The van der Waals surface area contributed by atoms with Crippen molar-refractivity contribution in [1.82, 2.24) is 4.98 Å². The molecule has 0 fully saturated rings. The summed E-state index contributed by atoms with van der Waals surface area (Å²) in [6, 6.07) is 4.32. The van der Waals surface area contributed by atoms with E-state index in [0.29, 0.717) is 0 Å². The summed E-state index contributed by atoms with van der Waals surface area (Å²) in [4.78, 5) is 3.26. The van der Waals surface area contributed by atoms with E-state index in [1.165, 1.54) is 10.6 Å². The molecule has 1 aromatic heterocycles. The van der Waals surface area contributed by atoms with Crippen LogP contribution in [0.4, 0.5) is 0 Å². The molecule has 0 aromatic carbocycles. The Labute approximate surface area is 49.0 Å². The first-order valence-corrected chi connectivity index (χ1v) is 4.41. The average molecular weight is 127 g/mol. The predicted octanol–water partition coefficient (Wildman–Crippen LogP) is -3.00. The second kappa shape index (κ2) is 1.67. The second-order valence-electron chi connectivity index (χ2n) is 1.82. The molecule has 0 saturated carbocycles. The predicted molar refractivity (Wildman–Crippen MR) is 39.9 cm³/mol. The van der Waals surface area contributed by atoms with Crippen molar-refractivity contribution in [3.8, 4) is 0 Å². The van der Waals surface area contributed by atoms with Crippen molar-refractivity contribution in [2.45, 2.75) is 0 Å². The molecule has 0 radical (unpaired) electrons. The smallest absolute Gasteiger partial charge is 0.0592 e. The van der Waals surface area contributed by atoms with Crippen LogP contribution in [0, 0.1) is 0 Å². The van der Waals surface area contributed by atoms with Crippen molar-refractivity contribution in [3.05, 3.63) is 12.1 Å². The Morgan fingerprint density at radius 2 is 1.57 bits per heavy atom. The minimum absolute atomic E-state index is 1.16. The van der Waals surface area contributed by atoms with Gasteiger partial charge in [-0.15, -0.1) is 0 Å². The largest absolute Gasteiger partial charge is 0.372 e. The van der Waals surface area contributed by atoms with Gasteiger partial charge in [-0.05, 0) is 22.8 Å². The normalized spacial score (nSPS) is 10.3. The zero-order valence-corrected chi connectivity index (χ0v) is 8.65. The Bertz CT molecular complexity index is 142. The van der Waals surface area contributed by atoms with Crippen LogP contribution in [0.5, 0.6) is 0 Å². The molecule has 1 N–H and O–H groups in total. The highest BCUT2D eigenvalue weighted by molar-refractivity contribution is 6.35. The molecule has 0 bridgehead atoms. The number of rotatable bonds is 0. The minimum Gasteiger partial charge on any atom is -0.372 e. The molecule has 0 spiro atoms. The number of nitrogens with one attached hydrogen (secondary N) is 1. The Balaban J connectivity index is 3.04. The molecule has 1 nitrogen and oxygen atoms in total. The van der Waals surface area contributed by atoms with Crippen LogP contribution in [0.3, 0.4) is 0 Å². The summed E-state index contributed by atoms with van der Waals surface area (Å²) >= 11 is 0. The zero-order valence-electron chi connectivity index (χ0n) is 4.65.